The van der Waals surface area contributed by atoms with Gasteiger partial charge in [0.1, 0.15) is 0 Å². The van der Waals surface area contributed by atoms with Crippen molar-refractivity contribution in [3.05, 3.63) is 53.6 Å². The van der Waals surface area contributed by atoms with Gasteiger partial charge in [-0.2, -0.15) is 10.2 Å². The first-order valence-corrected chi connectivity index (χ1v) is 6.67. The minimum Gasteiger partial charge on any atom is -0.478 e. The molecule has 0 bridgehead atoms. The average molecular weight is 313 g/mol. The van der Waals surface area contributed by atoms with Crippen LogP contribution >= 0.6 is 0 Å². The van der Waals surface area contributed by atoms with Crippen molar-refractivity contribution >= 4 is 29.0 Å². The Hall–Kier alpha value is -3.22. The van der Waals surface area contributed by atoms with Gasteiger partial charge in [-0.15, -0.1) is 0 Å². The summed E-state index contributed by atoms with van der Waals surface area (Å²) >= 11 is 0. The second-order valence-corrected chi connectivity index (χ2v) is 4.99. The van der Waals surface area contributed by atoms with E-state index in [-0.39, 0.29) is 16.8 Å². The van der Waals surface area contributed by atoms with Gasteiger partial charge in [0, 0.05) is 19.8 Å². The van der Waals surface area contributed by atoms with Crippen molar-refractivity contribution in [3.8, 4) is 0 Å². The minimum atomic E-state index is -1.22. The van der Waals surface area contributed by atoms with Gasteiger partial charge in [0.2, 0.25) is 0 Å². The largest absolute Gasteiger partial charge is 0.478 e. The summed E-state index contributed by atoms with van der Waals surface area (Å²) < 4.78 is 0. The Labute approximate surface area is 132 Å². The molecule has 7 heteroatoms. The van der Waals surface area contributed by atoms with Gasteiger partial charge in [0.25, 0.3) is 0 Å². The number of benzene rings is 2. The molecule has 0 fully saturated rings. The molecule has 0 heterocycles. The van der Waals surface area contributed by atoms with Crippen LogP contribution in [-0.4, -0.2) is 36.2 Å². The van der Waals surface area contributed by atoms with Crippen molar-refractivity contribution < 1.29 is 19.8 Å². The number of carbonyl (C=O) groups is 2. The lowest BCUT2D eigenvalue weighted by Gasteiger charge is -2.11. The molecule has 0 aliphatic heterocycles. The summed E-state index contributed by atoms with van der Waals surface area (Å²) in [6.07, 6.45) is 0. The van der Waals surface area contributed by atoms with Gasteiger partial charge >= 0.3 is 11.9 Å². The molecule has 118 valence electrons. The molecule has 0 aliphatic rings. The van der Waals surface area contributed by atoms with Crippen LogP contribution in [0.15, 0.2) is 52.7 Å². The van der Waals surface area contributed by atoms with Crippen LogP contribution in [0.2, 0.25) is 0 Å². The van der Waals surface area contributed by atoms with Crippen molar-refractivity contribution in [2.24, 2.45) is 10.2 Å². The second-order valence-electron chi connectivity index (χ2n) is 4.99. The molecule has 0 unspecified atom stereocenters. The highest BCUT2D eigenvalue weighted by Crippen LogP contribution is 2.23. The third kappa shape index (κ3) is 4.13. The maximum absolute atomic E-state index is 11.0. The van der Waals surface area contributed by atoms with Crippen LogP contribution in [0.4, 0.5) is 17.1 Å². The lowest BCUT2D eigenvalue weighted by molar-refractivity contribution is 0.0696. The Balaban J connectivity index is 2.31. The van der Waals surface area contributed by atoms with E-state index in [1.807, 2.05) is 31.1 Å². The zero-order valence-corrected chi connectivity index (χ0v) is 12.6. The summed E-state index contributed by atoms with van der Waals surface area (Å²) in [5.74, 6) is -2.44. The van der Waals surface area contributed by atoms with Gasteiger partial charge in [-0.25, -0.2) is 9.59 Å². The number of carboxylic acids is 2. The van der Waals surface area contributed by atoms with Crippen molar-refractivity contribution in [2.45, 2.75) is 0 Å². The van der Waals surface area contributed by atoms with Gasteiger partial charge in [0.15, 0.2) is 0 Å². The third-order valence-electron chi connectivity index (χ3n) is 3.06. The van der Waals surface area contributed by atoms with E-state index in [0.717, 1.165) is 11.8 Å². The van der Waals surface area contributed by atoms with Gasteiger partial charge in [-0.05, 0) is 42.5 Å². The molecule has 0 saturated heterocycles. The van der Waals surface area contributed by atoms with E-state index < -0.39 is 11.9 Å². The Morgan fingerprint density at radius 2 is 1.30 bits per heavy atom. The smallest absolute Gasteiger partial charge is 0.335 e. The quantitative estimate of drug-likeness (QED) is 0.821. The molecule has 0 amide bonds. The first kappa shape index (κ1) is 16.2. The Kier molecular flexibility index (Phi) is 4.70. The fraction of sp³-hybridized carbons (Fsp3) is 0.125. The number of anilines is 1. The van der Waals surface area contributed by atoms with E-state index in [2.05, 4.69) is 10.2 Å². The molecule has 0 atom stereocenters. The SMILES string of the molecule is CN(C)c1ccc(N=Nc2cc(C(=O)O)cc(C(=O)O)c2)cc1. The monoisotopic (exact) mass is 313 g/mol. The van der Waals surface area contributed by atoms with Crippen LogP contribution in [0.1, 0.15) is 20.7 Å². The number of aromatic carboxylic acids is 2. The topological polar surface area (TPSA) is 103 Å². The zero-order valence-electron chi connectivity index (χ0n) is 12.6. The molecule has 0 saturated carbocycles. The fourth-order valence-electron chi connectivity index (χ4n) is 1.85. The third-order valence-corrected chi connectivity index (χ3v) is 3.06. The second kappa shape index (κ2) is 6.69. The summed E-state index contributed by atoms with van der Waals surface area (Å²) in [5, 5.41) is 25.9. The van der Waals surface area contributed by atoms with Crippen LogP contribution < -0.4 is 4.90 Å². The molecule has 7 nitrogen and oxygen atoms in total. The van der Waals surface area contributed by atoms with Crippen molar-refractivity contribution in [1.82, 2.24) is 0 Å². The average Bonchev–Trinajstić information content (AvgIpc) is 2.52. The van der Waals surface area contributed by atoms with Crippen LogP contribution in [0.3, 0.4) is 0 Å². The summed E-state index contributed by atoms with van der Waals surface area (Å²) in [5.41, 5.74) is 1.45. The Morgan fingerprint density at radius 1 is 0.826 bits per heavy atom. The molecule has 23 heavy (non-hydrogen) atoms. The molecule has 2 aromatic carbocycles. The number of hydrogen-bond acceptors (Lipinski definition) is 5. The summed E-state index contributed by atoms with van der Waals surface area (Å²) in [6, 6.07) is 10.9. The summed E-state index contributed by atoms with van der Waals surface area (Å²) in [6.45, 7) is 0. The van der Waals surface area contributed by atoms with Crippen LogP contribution in [0.25, 0.3) is 0 Å². The number of rotatable bonds is 5. The lowest BCUT2D eigenvalue weighted by atomic mass is 10.1. The van der Waals surface area contributed by atoms with E-state index in [1.54, 1.807) is 12.1 Å². The number of hydrogen-bond donors (Lipinski definition) is 2. The van der Waals surface area contributed by atoms with Crippen LogP contribution in [0, 0.1) is 0 Å². The van der Waals surface area contributed by atoms with Crippen molar-refractivity contribution in [1.29, 1.82) is 0 Å². The molecule has 2 N–H and O–H groups in total. The highest BCUT2D eigenvalue weighted by Gasteiger charge is 2.11. The summed E-state index contributed by atoms with van der Waals surface area (Å²) in [4.78, 5) is 24.0. The molecule has 0 aliphatic carbocycles. The van der Waals surface area contributed by atoms with Crippen LogP contribution in [-0.2, 0) is 0 Å². The normalized spacial score (nSPS) is 10.7. The molecular weight excluding hydrogens is 298 g/mol. The summed E-state index contributed by atoms with van der Waals surface area (Å²) in [7, 11) is 3.84. The maximum Gasteiger partial charge on any atom is 0.335 e. The minimum absolute atomic E-state index is 0.151. The molecule has 0 aromatic heterocycles. The Bertz CT molecular complexity index is 735. The van der Waals surface area contributed by atoms with Crippen molar-refractivity contribution in [2.75, 3.05) is 19.0 Å². The number of carboxylic acid groups (broad SMARTS) is 2. The lowest BCUT2D eigenvalue weighted by Crippen LogP contribution is -2.07. The van der Waals surface area contributed by atoms with E-state index in [0.29, 0.717) is 5.69 Å². The molecular formula is C16H15N3O4. The highest BCUT2D eigenvalue weighted by atomic mass is 16.4. The van der Waals surface area contributed by atoms with E-state index in [9.17, 15) is 9.59 Å². The van der Waals surface area contributed by atoms with Crippen LogP contribution in [0.5, 0.6) is 0 Å². The van der Waals surface area contributed by atoms with E-state index in [1.165, 1.54) is 12.1 Å². The number of azo groups is 1. The zero-order chi connectivity index (χ0) is 17.0. The predicted molar refractivity (Wildman–Crippen MR) is 85.3 cm³/mol. The molecule has 0 spiro atoms. The highest BCUT2D eigenvalue weighted by molar-refractivity contribution is 5.95. The van der Waals surface area contributed by atoms with E-state index >= 15 is 0 Å². The van der Waals surface area contributed by atoms with Gasteiger partial charge < -0.3 is 15.1 Å². The first-order chi connectivity index (χ1) is 10.9. The van der Waals surface area contributed by atoms with Gasteiger partial charge in [0.05, 0.1) is 22.5 Å². The first-order valence-electron chi connectivity index (χ1n) is 6.67. The molecule has 2 rings (SSSR count). The van der Waals surface area contributed by atoms with E-state index in [4.69, 9.17) is 10.2 Å². The number of nitrogens with zero attached hydrogens (tertiary/aromatic N) is 3. The molecule has 2 aromatic rings. The standard InChI is InChI=1S/C16H15N3O4/c1-19(2)14-5-3-12(4-6-14)17-18-13-8-10(15(20)21)7-11(9-13)16(22)23/h3-9H,1-2H3,(H,20,21)(H,22,23). The Morgan fingerprint density at radius 3 is 1.74 bits per heavy atom. The van der Waals surface area contributed by atoms with Crippen molar-refractivity contribution in [3.63, 3.8) is 0 Å². The molecule has 0 radical (unpaired) electrons. The van der Waals surface area contributed by atoms with Gasteiger partial charge in [-0.3, -0.25) is 0 Å². The predicted octanol–water partition coefficient (Wildman–Crippen LogP) is 3.56. The maximum atomic E-state index is 11.0. The fourth-order valence-corrected chi connectivity index (χ4v) is 1.85. The van der Waals surface area contributed by atoms with Gasteiger partial charge in [-0.1, -0.05) is 0 Å².